The molecule has 0 bridgehead atoms. The van der Waals surface area contributed by atoms with Crippen molar-refractivity contribution in [3.05, 3.63) is 72.8 Å². The van der Waals surface area contributed by atoms with E-state index in [1.165, 1.54) is 0 Å². The van der Waals surface area contributed by atoms with E-state index in [1.54, 1.807) is 0 Å². The zero-order valence-electron chi connectivity index (χ0n) is 28.0. The van der Waals surface area contributed by atoms with Crippen LogP contribution in [0.25, 0.3) is 0 Å². The van der Waals surface area contributed by atoms with Gasteiger partial charge >= 0.3 is 40.4 Å². The summed E-state index contributed by atoms with van der Waals surface area (Å²) in [4.78, 5) is 0. The first-order chi connectivity index (χ1) is 19.7. The molecule has 0 amide bonds. The van der Waals surface area contributed by atoms with Crippen molar-refractivity contribution in [1.82, 2.24) is 0 Å². The Bertz CT molecular complexity index is 911. The Morgan fingerprint density at radius 3 is 0.581 bits per heavy atom. The first-order valence-corrected chi connectivity index (χ1v) is 14.8. The normalized spacial score (nSPS) is 10.5. The molecular weight excluding hydrogens is 679 g/mol. The second kappa shape index (κ2) is 22.3. The average molecular weight is 730 g/mol. The molecule has 0 N–H and O–H groups in total. The SMILES string of the molecule is CC(C)Oc1[c-]c(OC(C)C)ccc1.CC(C)Oc1[c-]c(OC(C)C)ccc1.CC(C)Oc1[c-]c(OC(C)C)ccc1.[Sm+3]. The van der Waals surface area contributed by atoms with Crippen LogP contribution in [0.4, 0.5) is 0 Å². The minimum absolute atomic E-state index is 0. The number of benzene rings is 3. The molecular formula is C36H51O6Sm. The molecule has 0 aromatic heterocycles. The first-order valence-electron chi connectivity index (χ1n) is 14.8. The standard InChI is InChI=1S/3C12H17O2.Sm/c3*1-9(2)13-11-6-5-7-12(8-11)14-10(3)4;/h3*5-7,9-10H,1-4H3;/q3*-1;+3. The van der Waals surface area contributed by atoms with Gasteiger partial charge in [-0.3, -0.25) is 0 Å². The van der Waals surface area contributed by atoms with Crippen LogP contribution in [0.5, 0.6) is 34.5 Å². The smallest absolute Gasteiger partial charge is 0.517 e. The van der Waals surface area contributed by atoms with Crippen LogP contribution >= 0.6 is 0 Å². The fraction of sp³-hybridized carbons (Fsp3) is 0.500. The molecule has 0 aliphatic rings. The van der Waals surface area contributed by atoms with Gasteiger partial charge in [0.15, 0.2) is 0 Å². The third kappa shape index (κ3) is 21.2. The van der Waals surface area contributed by atoms with Crippen LogP contribution in [-0.4, -0.2) is 36.6 Å². The molecule has 3 rings (SSSR count). The zero-order chi connectivity index (χ0) is 31.7. The maximum absolute atomic E-state index is 5.50. The van der Waals surface area contributed by atoms with E-state index in [0.29, 0.717) is 0 Å². The van der Waals surface area contributed by atoms with E-state index >= 15 is 0 Å². The maximum Gasteiger partial charge on any atom is 3.00 e. The van der Waals surface area contributed by atoms with Gasteiger partial charge in [-0.2, -0.15) is 18.2 Å². The topological polar surface area (TPSA) is 55.4 Å². The summed E-state index contributed by atoms with van der Waals surface area (Å²) < 4.78 is 33.0. The molecule has 3 aromatic rings. The summed E-state index contributed by atoms with van der Waals surface area (Å²) in [5, 5.41) is 0. The summed E-state index contributed by atoms with van der Waals surface area (Å²) in [6, 6.07) is 26.2. The summed E-state index contributed by atoms with van der Waals surface area (Å²) in [6.45, 7) is 23.9. The van der Waals surface area contributed by atoms with Crippen molar-refractivity contribution in [2.45, 2.75) is 120 Å². The third-order valence-electron chi connectivity index (χ3n) is 4.40. The van der Waals surface area contributed by atoms with Gasteiger partial charge < -0.3 is 28.4 Å². The van der Waals surface area contributed by atoms with Crippen LogP contribution in [-0.2, 0) is 0 Å². The Kier molecular flexibility index (Phi) is 21.2. The molecule has 6 nitrogen and oxygen atoms in total. The van der Waals surface area contributed by atoms with Crippen molar-refractivity contribution in [1.29, 1.82) is 0 Å². The predicted molar refractivity (Wildman–Crippen MR) is 170 cm³/mol. The molecule has 0 saturated carbocycles. The van der Waals surface area contributed by atoms with Crippen molar-refractivity contribution in [2.75, 3.05) is 0 Å². The molecule has 43 heavy (non-hydrogen) atoms. The molecule has 7 heteroatoms. The molecule has 0 spiro atoms. The molecule has 0 aliphatic carbocycles. The fourth-order valence-electron chi connectivity index (χ4n) is 3.22. The van der Waals surface area contributed by atoms with Crippen LogP contribution in [0.3, 0.4) is 0 Å². The van der Waals surface area contributed by atoms with Gasteiger partial charge in [-0.15, -0.1) is 36.4 Å². The third-order valence-corrected chi connectivity index (χ3v) is 4.40. The van der Waals surface area contributed by atoms with Crippen LogP contribution in [0.1, 0.15) is 83.1 Å². The van der Waals surface area contributed by atoms with Crippen LogP contribution in [0.15, 0.2) is 54.6 Å². The number of hydrogen-bond acceptors (Lipinski definition) is 6. The molecule has 1 radical (unpaired) electrons. The van der Waals surface area contributed by atoms with E-state index in [-0.39, 0.29) is 77.0 Å². The Labute approximate surface area is 293 Å². The van der Waals surface area contributed by atoms with Gasteiger partial charge in [0, 0.05) is 34.5 Å². The van der Waals surface area contributed by atoms with Gasteiger partial charge in [0.25, 0.3) is 0 Å². The number of rotatable bonds is 12. The summed E-state index contributed by atoms with van der Waals surface area (Å²) in [6.07, 6.45) is 1.00. The van der Waals surface area contributed by atoms with Gasteiger partial charge in [-0.05, 0) is 83.1 Å². The van der Waals surface area contributed by atoms with E-state index in [4.69, 9.17) is 28.4 Å². The molecule has 0 fully saturated rings. The van der Waals surface area contributed by atoms with E-state index in [1.807, 2.05) is 138 Å². The van der Waals surface area contributed by atoms with E-state index in [2.05, 4.69) is 18.2 Å². The van der Waals surface area contributed by atoms with E-state index in [9.17, 15) is 0 Å². The molecule has 0 unspecified atom stereocenters. The molecule has 237 valence electrons. The van der Waals surface area contributed by atoms with Crippen LogP contribution in [0, 0.1) is 58.6 Å². The summed E-state index contributed by atoms with van der Waals surface area (Å²) >= 11 is 0. The van der Waals surface area contributed by atoms with Crippen molar-refractivity contribution in [2.24, 2.45) is 0 Å². The summed E-state index contributed by atoms with van der Waals surface area (Å²) in [5.41, 5.74) is 0. The second-order valence-electron chi connectivity index (χ2n) is 11.1. The Balaban J connectivity index is 0.000000608. The van der Waals surface area contributed by atoms with E-state index < -0.39 is 0 Å². The predicted octanol–water partition coefficient (Wildman–Crippen LogP) is 9.18. The Morgan fingerprint density at radius 1 is 0.326 bits per heavy atom. The van der Waals surface area contributed by atoms with Crippen molar-refractivity contribution < 1.29 is 68.8 Å². The minimum Gasteiger partial charge on any atom is -0.517 e. The van der Waals surface area contributed by atoms with Crippen molar-refractivity contribution >= 4 is 0 Å². The van der Waals surface area contributed by atoms with Gasteiger partial charge in [0.05, 0.1) is 36.6 Å². The minimum atomic E-state index is 0. The first kappa shape index (κ1) is 40.8. The number of hydrogen-bond donors (Lipinski definition) is 0. The monoisotopic (exact) mass is 731 g/mol. The van der Waals surface area contributed by atoms with Gasteiger partial charge in [-0.25, -0.2) is 0 Å². The summed E-state index contributed by atoms with van der Waals surface area (Å²) in [7, 11) is 0. The zero-order valence-corrected chi connectivity index (χ0v) is 30.6. The van der Waals surface area contributed by atoms with Gasteiger partial charge in [0.1, 0.15) is 0 Å². The largest absolute Gasteiger partial charge is 3.00 e. The molecule has 0 atom stereocenters. The average Bonchev–Trinajstić information content (AvgIpc) is 2.83. The summed E-state index contributed by atoms with van der Waals surface area (Å²) in [5.74, 6) is 4.41. The molecule has 0 aliphatic heterocycles. The number of ether oxygens (including phenoxy) is 6. The fourth-order valence-corrected chi connectivity index (χ4v) is 3.22. The quantitative estimate of drug-likeness (QED) is 0.173. The molecule has 3 aromatic carbocycles. The van der Waals surface area contributed by atoms with Crippen LogP contribution in [0.2, 0.25) is 0 Å². The van der Waals surface area contributed by atoms with Crippen molar-refractivity contribution in [3.63, 3.8) is 0 Å². The van der Waals surface area contributed by atoms with Gasteiger partial charge in [0.2, 0.25) is 0 Å². The van der Waals surface area contributed by atoms with Crippen molar-refractivity contribution in [3.8, 4) is 34.5 Å². The van der Waals surface area contributed by atoms with Gasteiger partial charge in [-0.1, -0.05) is 18.2 Å². The van der Waals surface area contributed by atoms with E-state index in [0.717, 1.165) is 34.5 Å². The molecule has 0 saturated heterocycles. The second-order valence-corrected chi connectivity index (χ2v) is 11.1. The Morgan fingerprint density at radius 2 is 0.465 bits per heavy atom. The molecule has 0 heterocycles. The maximum atomic E-state index is 5.50. The van der Waals surface area contributed by atoms with Crippen LogP contribution < -0.4 is 28.4 Å². The Hall–Kier alpha value is -2.20.